The smallest absolute Gasteiger partial charge is 0.251 e. The highest BCUT2D eigenvalue weighted by Gasteiger charge is 2.16. The van der Waals surface area contributed by atoms with Crippen LogP contribution in [0.3, 0.4) is 0 Å². The zero-order valence-electron chi connectivity index (χ0n) is 13.0. The Balaban J connectivity index is 2.07. The molecule has 0 aliphatic rings. The van der Waals surface area contributed by atoms with E-state index in [0.29, 0.717) is 17.1 Å². The fraction of sp³-hybridized carbons (Fsp3) is 0.278. The van der Waals surface area contributed by atoms with Crippen molar-refractivity contribution in [1.29, 1.82) is 0 Å². The molecule has 0 heterocycles. The highest BCUT2D eigenvalue weighted by Crippen LogP contribution is 2.24. The second-order valence-corrected chi connectivity index (χ2v) is 5.68. The maximum atomic E-state index is 12.3. The SMILES string of the molecule is COC(CNC(=O)c1ccc(C)cc1C)c1ccccc1Cl. The van der Waals surface area contributed by atoms with E-state index in [1.807, 2.05) is 56.3 Å². The Labute approximate surface area is 136 Å². The molecule has 4 heteroatoms. The second-order valence-electron chi connectivity index (χ2n) is 5.27. The van der Waals surface area contributed by atoms with Crippen LogP contribution in [0.1, 0.15) is 33.2 Å². The molecule has 2 aromatic rings. The number of nitrogens with one attached hydrogen (secondary N) is 1. The molecule has 2 aromatic carbocycles. The number of hydrogen-bond donors (Lipinski definition) is 1. The summed E-state index contributed by atoms with van der Waals surface area (Å²) < 4.78 is 5.45. The van der Waals surface area contributed by atoms with Gasteiger partial charge in [-0.1, -0.05) is 47.5 Å². The third-order valence-corrected chi connectivity index (χ3v) is 3.96. The molecular formula is C18H20ClNO2. The van der Waals surface area contributed by atoms with Gasteiger partial charge in [-0.2, -0.15) is 0 Å². The third-order valence-electron chi connectivity index (χ3n) is 3.61. The summed E-state index contributed by atoms with van der Waals surface area (Å²) in [5.74, 6) is -0.105. The van der Waals surface area contributed by atoms with Crippen molar-refractivity contribution in [1.82, 2.24) is 5.32 Å². The van der Waals surface area contributed by atoms with E-state index in [4.69, 9.17) is 16.3 Å². The van der Waals surface area contributed by atoms with Crippen LogP contribution in [0, 0.1) is 13.8 Å². The number of ether oxygens (including phenoxy) is 1. The van der Waals surface area contributed by atoms with E-state index in [2.05, 4.69) is 5.32 Å². The first kappa shape index (κ1) is 16.5. The number of carbonyl (C=O) groups is 1. The highest BCUT2D eigenvalue weighted by molar-refractivity contribution is 6.31. The van der Waals surface area contributed by atoms with Gasteiger partial charge in [-0.05, 0) is 31.5 Å². The van der Waals surface area contributed by atoms with E-state index in [9.17, 15) is 4.79 Å². The average molecular weight is 318 g/mol. The zero-order valence-corrected chi connectivity index (χ0v) is 13.8. The first-order valence-electron chi connectivity index (χ1n) is 7.15. The van der Waals surface area contributed by atoms with E-state index in [1.165, 1.54) is 0 Å². The Bertz CT molecular complexity index is 670. The van der Waals surface area contributed by atoms with E-state index >= 15 is 0 Å². The van der Waals surface area contributed by atoms with Crippen LogP contribution in [0.4, 0.5) is 0 Å². The van der Waals surface area contributed by atoms with Crippen LogP contribution in [0.5, 0.6) is 0 Å². The molecule has 0 aliphatic carbocycles. The lowest BCUT2D eigenvalue weighted by Crippen LogP contribution is -2.29. The molecule has 0 saturated carbocycles. The molecule has 1 atom stereocenters. The van der Waals surface area contributed by atoms with Crippen molar-refractivity contribution in [2.75, 3.05) is 13.7 Å². The van der Waals surface area contributed by atoms with Crippen LogP contribution in [0.25, 0.3) is 0 Å². The lowest BCUT2D eigenvalue weighted by atomic mass is 10.0. The molecule has 22 heavy (non-hydrogen) atoms. The number of halogens is 1. The van der Waals surface area contributed by atoms with Crippen LogP contribution in [-0.2, 0) is 4.74 Å². The number of aryl methyl sites for hydroxylation is 2. The largest absolute Gasteiger partial charge is 0.375 e. The summed E-state index contributed by atoms with van der Waals surface area (Å²) in [6.07, 6.45) is -0.275. The minimum absolute atomic E-state index is 0.105. The Hall–Kier alpha value is -1.84. The molecule has 1 N–H and O–H groups in total. The predicted molar refractivity (Wildman–Crippen MR) is 89.5 cm³/mol. The van der Waals surface area contributed by atoms with Crippen molar-refractivity contribution in [3.63, 3.8) is 0 Å². The molecule has 0 fully saturated rings. The molecule has 0 spiro atoms. The van der Waals surface area contributed by atoms with Gasteiger partial charge >= 0.3 is 0 Å². The molecule has 3 nitrogen and oxygen atoms in total. The normalized spacial score (nSPS) is 12.0. The first-order valence-corrected chi connectivity index (χ1v) is 7.53. The zero-order chi connectivity index (χ0) is 16.1. The molecule has 0 saturated heterocycles. The van der Waals surface area contributed by atoms with E-state index in [0.717, 1.165) is 16.7 Å². The van der Waals surface area contributed by atoms with Gasteiger partial charge in [0.15, 0.2) is 0 Å². The predicted octanol–water partition coefficient (Wildman–Crippen LogP) is 4.07. The van der Waals surface area contributed by atoms with Gasteiger partial charge in [0.05, 0.1) is 0 Å². The highest BCUT2D eigenvalue weighted by atomic mass is 35.5. The number of methoxy groups -OCH3 is 1. The Morgan fingerprint density at radius 3 is 2.59 bits per heavy atom. The number of hydrogen-bond acceptors (Lipinski definition) is 2. The van der Waals surface area contributed by atoms with Gasteiger partial charge in [0.1, 0.15) is 6.10 Å². The van der Waals surface area contributed by atoms with Gasteiger partial charge in [0.25, 0.3) is 5.91 Å². The summed E-state index contributed by atoms with van der Waals surface area (Å²) in [5, 5.41) is 3.55. The maximum Gasteiger partial charge on any atom is 0.251 e. The third kappa shape index (κ3) is 3.87. The Morgan fingerprint density at radius 2 is 1.95 bits per heavy atom. The lowest BCUT2D eigenvalue weighted by Gasteiger charge is -2.18. The molecular weight excluding hydrogens is 298 g/mol. The first-order chi connectivity index (χ1) is 10.5. The van der Waals surface area contributed by atoms with Crippen LogP contribution in [0.15, 0.2) is 42.5 Å². The number of carbonyl (C=O) groups excluding carboxylic acids is 1. The van der Waals surface area contributed by atoms with Crippen LogP contribution in [-0.4, -0.2) is 19.6 Å². The summed E-state index contributed by atoms with van der Waals surface area (Å²) in [6.45, 7) is 4.31. The van der Waals surface area contributed by atoms with E-state index in [-0.39, 0.29) is 12.0 Å². The lowest BCUT2D eigenvalue weighted by molar-refractivity contribution is 0.0827. The summed E-state index contributed by atoms with van der Waals surface area (Å²) in [6, 6.07) is 13.3. The van der Waals surface area contributed by atoms with Gasteiger partial charge in [0, 0.05) is 29.8 Å². The minimum Gasteiger partial charge on any atom is -0.375 e. The summed E-state index contributed by atoms with van der Waals surface area (Å²) in [4.78, 5) is 12.3. The van der Waals surface area contributed by atoms with Crippen LogP contribution in [0.2, 0.25) is 5.02 Å². The van der Waals surface area contributed by atoms with Crippen molar-refractivity contribution in [2.24, 2.45) is 0 Å². The van der Waals surface area contributed by atoms with Crippen molar-refractivity contribution in [3.05, 3.63) is 69.7 Å². The molecule has 1 amide bonds. The number of amides is 1. The van der Waals surface area contributed by atoms with Crippen molar-refractivity contribution < 1.29 is 9.53 Å². The number of benzene rings is 2. The standard InChI is InChI=1S/C18H20ClNO2/c1-12-8-9-14(13(2)10-12)18(21)20-11-17(22-3)15-6-4-5-7-16(15)19/h4-10,17H,11H2,1-3H3,(H,20,21). The van der Waals surface area contributed by atoms with Crippen molar-refractivity contribution in [2.45, 2.75) is 20.0 Å². The molecule has 116 valence electrons. The summed E-state index contributed by atoms with van der Waals surface area (Å²) >= 11 is 6.18. The van der Waals surface area contributed by atoms with Gasteiger partial charge in [-0.15, -0.1) is 0 Å². The number of rotatable bonds is 5. The van der Waals surface area contributed by atoms with Gasteiger partial charge in [-0.25, -0.2) is 0 Å². The maximum absolute atomic E-state index is 12.3. The van der Waals surface area contributed by atoms with Gasteiger partial charge in [-0.3, -0.25) is 4.79 Å². The minimum atomic E-state index is -0.275. The van der Waals surface area contributed by atoms with Gasteiger partial charge in [0.2, 0.25) is 0 Å². The summed E-state index contributed by atoms with van der Waals surface area (Å²) in [7, 11) is 1.61. The van der Waals surface area contributed by atoms with Gasteiger partial charge < -0.3 is 10.1 Å². The second kappa shape index (κ2) is 7.43. The van der Waals surface area contributed by atoms with Crippen molar-refractivity contribution in [3.8, 4) is 0 Å². The molecule has 0 aliphatic heterocycles. The average Bonchev–Trinajstić information content (AvgIpc) is 2.49. The molecule has 2 rings (SSSR count). The molecule has 0 radical (unpaired) electrons. The quantitative estimate of drug-likeness (QED) is 0.902. The van der Waals surface area contributed by atoms with E-state index < -0.39 is 0 Å². The Morgan fingerprint density at radius 1 is 1.23 bits per heavy atom. The van der Waals surface area contributed by atoms with Crippen molar-refractivity contribution >= 4 is 17.5 Å². The fourth-order valence-electron chi connectivity index (χ4n) is 2.41. The van der Waals surface area contributed by atoms with Crippen LogP contribution < -0.4 is 5.32 Å². The summed E-state index contributed by atoms with van der Waals surface area (Å²) in [5.41, 5.74) is 3.65. The molecule has 1 unspecified atom stereocenters. The topological polar surface area (TPSA) is 38.3 Å². The molecule has 0 bridgehead atoms. The fourth-order valence-corrected chi connectivity index (χ4v) is 2.66. The molecule has 0 aromatic heterocycles. The van der Waals surface area contributed by atoms with E-state index in [1.54, 1.807) is 7.11 Å². The monoisotopic (exact) mass is 317 g/mol. The van der Waals surface area contributed by atoms with Crippen LogP contribution >= 0.6 is 11.6 Å². The Kier molecular flexibility index (Phi) is 5.58.